The molecule has 1 atom stereocenters. The molecule has 4 bridgehead atoms. The van der Waals surface area contributed by atoms with Crippen LogP contribution >= 0.6 is 11.8 Å². The zero-order valence-corrected chi connectivity index (χ0v) is 19.6. The molecule has 1 unspecified atom stereocenters. The predicted octanol–water partition coefficient (Wildman–Crippen LogP) is 5.35. The normalized spacial score (nSPS) is 36.2. The molecular weight excluding hydrogens is 390 g/mol. The number of nitrogens with zero attached hydrogens (tertiary/aromatic N) is 3. The van der Waals surface area contributed by atoms with E-state index >= 15 is 0 Å². The van der Waals surface area contributed by atoms with E-state index in [1.165, 1.54) is 37.7 Å². The molecule has 30 heavy (non-hydrogen) atoms. The fraction of sp³-hybridized carbons (Fsp3) is 0.680. The monoisotopic (exact) mass is 425 g/mol. The van der Waals surface area contributed by atoms with Crippen molar-refractivity contribution in [2.24, 2.45) is 28.7 Å². The summed E-state index contributed by atoms with van der Waals surface area (Å²) in [5.41, 5.74) is 2.29. The molecule has 4 saturated carbocycles. The average molecular weight is 426 g/mol. The number of aliphatic imine (C=N–C) groups is 1. The van der Waals surface area contributed by atoms with E-state index in [1.54, 1.807) is 6.92 Å². The predicted molar refractivity (Wildman–Crippen MR) is 126 cm³/mol. The van der Waals surface area contributed by atoms with E-state index in [0.717, 1.165) is 40.3 Å². The Morgan fingerprint density at radius 1 is 1.07 bits per heavy atom. The molecular formula is C25H35N3OS. The summed E-state index contributed by atoms with van der Waals surface area (Å²) >= 11 is 1.83. The second kappa shape index (κ2) is 7.89. The Labute approximate surface area is 185 Å². The van der Waals surface area contributed by atoms with Gasteiger partial charge in [-0.25, -0.2) is 0 Å². The van der Waals surface area contributed by atoms with Gasteiger partial charge in [0.15, 0.2) is 5.17 Å². The molecule has 0 spiro atoms. The Hall–Kier alpha value is -1.49. The summed E-state index contributed by atoms with van der Waals surface area (Å²) in [7, 11) is 2.12. The van der Waals surface area contributed by atoms with Crippen molar-refractivity contribution in [1.29, 1.82) is 0 Å². The van der Waals surface area contributed by atoms with Crippen LogP contribution in [0.25, 0.3) is 0 Å². The van der Waals surface area contributed by atoms with Gasteiger partial charge in [0, 0.05) is 25.4 Å². The lowest BCUT2D eigenvalue weighted by Gasteiger charge is -2.53. The average Bonchev–Trinajstić information content (AvgIpc) is 3.04. The molecule has 1 saturated heterocycles. The van der Waals surface area contributed by atoms with Gasteiger partial charge in [0.1, 0.15) is 6.17 Å². The summed E-state index contributed by atoms with van der Waals surface area (Å²) in [6.45, 7) is 6.08. The number of benzene rings is 1. The number of carbonyl (C=O) groups is 1. The number of hydrogen-bond donors (Lipinski definition) is 0. The first-order chi connectivity index (χ1) is 14.4. The van der Waals surface area contributed by atoms with Crippen molar-refractivity contribution in [2.75, 3.05) is 17.7 Å². The number of rotatable bonds is 4. The van der Waals surface area contributed by atoms with Gasteiger partial charge in [-0.3, -0.25) is 14.7 Å². The Kier molecular flexibility index (Phi) is 5.37. The van der Waals surface area contributed by atoms with Gasteiger partial charge in [-0.1, -0.05) is 37.7 Å². The fourth-order valence-electron chi connectivity index (χ4n) is 6.68. The van der Waals surface area contributed by atoms with E-state index in [-0.39, 0.29) is 12.1 Å². The number of anilines is 1. The third kappa shape index (κ3) is 3.57. The van der Waals surface area contributed by atoms with Crippen molar-refractivity contribution in [3.05, 3.63) is 29.8 Å². The minimum atomic E-state index is 0.0352. The third-order valence-corrected chi connectivity index (χ3v) is 9.14. The van der Waals surface area contributed by atoms with Gasteiger partial charge in [-0.05, 0) is 79.4 Å². The van der Waals surface area contributed by atoms with Crippen LogP contribution in [0, 0.1) is 23.7 Å². The first-order valence-corrected chi connectivity index (χ1v) is 12.7. The largest absolute Gasteiger partial charge is 0.333 e. The van der Waals surface area contributed by atoms with Crippen molar-refractivity contribution in [1.82, 2.24) is 4.90 Å². The van der Waals surface area contributed by atoms with E-state index in [9.17, 15) is 4.79 Å². The summed E-state index contributed by atoms with van der Waals surface area (Å²) in [6.07, 6.45) is 7.10. The minimum Gasteiger partial charge on any atom is -0.333 e. The topological polar surface area (TPSA) is 35.9 Å². The van der Waals surface area contributed by atoms with Crippen LogP contribution in [0.4, 0.5) is 5.69 Å². The van der Waals surface area contributed by atoms with Crippen LogP contribution in [0.3, 0.4) is 0 Å². The van der Waals surface area contributed by atoms with Crippen LogP contribution in [-0.2, 0) is 4.79 Å². The summed E-state index contributed by atoms with van der Waals surface area (Å²) in [4.78, 5) is 22.2. The van der Waals surface area contributed by atoms with Crippen LogP contribution in [0.15, 0.2) is 29.3 Å². The van der Waals surface area contributed by atoms with Crippen LogP contribution in [-0.4, -0.2) is 41.0 Å². The molecule has 1 aromatic carbocycles. The number of carbonyl (C=O) groups excluding carboxylic acids is 1. The third-order valence-electron chi connectivity index (χ3n) is 8.02. The SMILES string of the molecule is CC(=O)N(c1ccc(C(C)C)cc1)C1CSC(=NC2C3CC4CC(C3)CC2C4)N1C. The fourth-order valence-corrected chi connectivity index (χ4v) is 7.88. The highest BCUT2D eigenvalue weighted by Crippen LogP contribution is 2.55. The van der Waals surface area contributed by atoms with E-state index < -0.39 is 0 Å². The lowest BCUT2D eigenvalue weighted by Crippen LogP contribution is -2.50. The maximum absolute atomic E-state index is 12.6. The van der Waals surface area contributed by atoms with Crippen LogP contribution < -0.4 is 4.90 Å². The van der Waals surface area contributed by atoms with Gasteiger partial charge in [0.25, 0.3) is 0 Å². The lowest BCUT2D eigenvalue weighted by molar-refractivity contribution is -0.117. The van der Waals surface area contributed by atoms with Crippen LogP contribution in [0.2, 0.25) is 0 Å². The minimum absolute atomic E-state index is 0.0352. The number of hydrogen-bond acceptors (Lipinski definition) is 3. The molecule has 5 fully saturated rings. The Morgan fingerprint density at radius 2 is 1.67 bits per heavy atom. The first-order valence-electron chi connectivity index (χ1n) is 11.7. The second-order valence-electron chi connectivity index (χ2n) is 10.4. The molecule has 0 aromatic heterocycles. The molecule has 0 radical (unpaired) electrons. The zero-order valence-electron chi connectivity index (χ0n) is 18.8. The maximum atomic E-state index is 12.6. The molecule has 4 aliphatic carbocycles. The van der Waals surface area contributed by atoms with Crippen molar-refractivity contribution < 1.29 is 4.79 Å². The van der Waals surface area contributed by atoms with Crippen LogP contribution in [0.5, 0.6) is 0 Å². The van der Waals surface area contributed by atoms with E-state index in [4.69, 9.17) is 4.99 Å². The molecule has 162 valence electrons. The first kappa shape index (κ1) is 20.4. The van der Waals surface area contributed by atoms with E-state index in [0.29, 0.717) is 12.0 Å². The molecule has 5 aliphatic rings. The molecule has 0 N–H and O–H groups in total. The quantitative estimate of drug-likeness (QED) is 0.652. The molecule has 4 nitrogen and oxygen atoms in total. The second-order valence-corrected chi connectivity index (χ2v) is 11.4. The van der Waals surface area contributed by atoms with Crippen molar-refractivity contribution in [2.45, 2.75) is 71.0 Å². The molecule has 1 heterocycles. The summed E-state index contributed by atoms with van der Waals surface area (Å²) < 4.78 is 0. The Bertz CT molecular complexity index is 805. The Balaban J connectivity index is 1.35. The van der Waals surface area contributed by atoms with Crippen molar-refractivity contribution in [3.63, 3.8) is 0 Å². The lowest BCUT2D eigenvalue weighted by atomic mass is 9.54. The summed E-state index contributed by atoms with van der Waals surface area (Å²) in [6, 6.07) is 9.02. The van der Waals surface area contributed by atoms with E-state index in [2.05, 4.69) is 50.1 Å². The van der Waals surface area contributed by atoms with Gasteiger partial charge in [-0.2, -0.15) is 0 Å². The summed E-state index contributed by atoms with van der Waals surface area (Å²) in [5, 5.41) is 1.14. The van der Waals surface area contributed by atoms with Crippen molar-refractivity contribution in [3.8, 4) is 0 Å². The van der Waals surface area contributed by atoms with Crippen molar-refractivity contribution >= 4 is 28.5 Å². The molecule has 1 aromatic rings. The van der Waals surface area contributed by atoms with E-state index in [1.807, 2.05) is 16.7 Å². The smallest absolute Gasteiger partial charge is 0.225 e. The van der Waals surface area contributed by atoms with Gasteiger partial charge < -0.3 is 4.90 Å². The molecule has 1 amide bonds. The molecule has 1 aliphatic heterocycles. The van der Waals surface area contributed by atoms with Gasteiger partial charge in [0.05, 0.1) is 6.04 Å². The summed E-state index contributed by atoms with van der Waals surface area (Å²) in [5.74, 6) is 5.03. The highest BCUT2D eigenvalue weighted by atomic mass is 32.2. The van der Waals surface area contributed by atoms with Crippen LogP contribution in [0.1, 0.15) is 64.4 Å². The van der Waals surface area contributed by atoms with Gasteiger partial charge >= 0.3 is 0 Å². The zero-order chi connectivity index (χ0) is 21.0. The standard InChI is InChI=1S/C25H35N3OS/c1-15(2)19-5-7-22(8-6-19)28(16(3)29)23-14-30-25(27(23)4)26-24-20-10-17-9-18(12-20)13-21(24)11-17/h5-8,15,17-18,20-21,23-24H,9-14H2,1-4H3. The van der Waals surface area contributed by atoms with Gasteiger partial charge in [0.2, 0.25) is 5.91 Å². The number of amides is 1. The highest BCUT2D eigenvalue weighted by Gasteiger charge is 2.49. The van der Waals surface area contributed by atoms with Gasteiger partial charge in [-0.15, -0.1) is 0 Å². The highest BCUT2D eigenvalue weighted by molar-refractivity contribution is 8.14. The molecule has 6 rings (SSSR count). The number of amidine groups is 1. The molecule has 5 heteroatoms. The Morgan fingerprint density at radius 3 is 2.20 bits per heavy atom. The maximum Gasteiger partial charge on any atom is 0.225 e. The number of thioether (sulfide) groups is 1.